The molecule has 0 radical (unpaired) electrons. The molecule has 17 heavy (non-hydrogen) atoms. The van der Waals surface area contributed by atoms with Gasteiger partial charge in [0.05, 0.1) is 13.0 Å². The number of nitrogens with zero attached hydrogens (tertiary/aromatic N) is 2. The van der Waals surface area contributed by atoms with E-state index in [1.807, 2.05) is 20.8 Å². The van der Waals surface area contributed by atoms with Gasteiger partial charge in [0.25, 0.3) is 0 Å². The Kier molecular flexibility index (Phi) is 4.46. The number of hydrogen-bond donors (Lipinski definition) is 0. The lowest BCUT2D eigenvalue weighted by molar-refractivity contribution is -0.142. The molecular weight excluding hydrogens is 240 g/mol. The molecule has 5 heteroatoms. The smallest absolute Gasteiger partial charge is 0.310 e. The van der Waals surface area contributed by atoms with E-state index in [-0.39, 0.29) is 17.8 Å². The molecule has 94 valence electrons. The largest absolute Gasteiger partial charge is 0.466 e. The Morgan fingerprint density at radius 2 is 2.12 bits per heavy atom. The van der Waals surface area contributed by atoms with Crippen molar-refractivity contribution in [3.05, 3.63) is 22.7 Å². The summed E-state index contributed by atoms with van der Waals surface area (Å²) < 4.78 is 4.85. The second-order valence-electron chi connectivity index (χ2n) is 4.74. The van der Waals surface area contributed by atoms with Gasteiger partial charge in [0.15, 0.2) is 0 Å². The number of carbonyl (C=O) groups excluding carboxylic acids is 1. The first-order valence-electron chi connectivity index (χ1n) is 5.52. The number of aromatic nitrogens is 2. The Labute approximate surface area is 106 Å². The lowest BCUT2D eigenvalue weighted by Gasteiger charge is -2.16. The topological polar surface area (TPSA) is 52.1 Å². The van der Waals surface area contributed by atoms with Crippen LogP contribution in [0.25, 0.3) is 0 Å². The molecule has 0 aromatic carbocycles. The molecule has 1 aromatic rings. The van der Waals surface area contributed by atoms with Crippen molar-refractivity contribution < 1.29 is 9.53 Å². The summed E-state index contributed by atoms with van der Waals surface area (Å²) in [5.41, 5.74) is 0.435. The first-order chi connectivity index (χ1) is 7.84. The maximum Gasteiger partial charge on any atom is 0.310 e. The van der Waals surface area contributed by atoms with Gasteiger partial charge in [0.1, 0.15) is 11.0 Å². The van der Waals surface area contributed by atoms with Crippen LogP contribution in [-0.4, -0.2) is 22.5 Å². The summed E-state index contributed by atoms with van der Waals surface area (Å²) in [6.07, 6.45) is 1.70. The van der Waals surface area contributed by atoms with Gasteiger partial charge in [-0.25, -0.2) is 9.97 Å². The Morgan fingerprint density at radius 1 is 1.47 bits per heavy atom. The van der Waals surface area contributed by atoms with Crippen LogP contribution in [0.5, 0.6) is 0 Å². The molecule has 0 atom stereocenters. The van der Waals surface area contributed by atoms with Gasteiger partial charge in [-0.15, -0.1) is 0 Å². The van der Waals surface area contributed by atoms with Crippen LogP contribution in [0.3, 0.4) is 0 Å². The standard InChI is InChI=1S/C12H17ClN2O2/c1-5-17-9(16)6-8-7-14-11(12(2,3)4)15-10(8)13/h7H,5-6H2,1-4H3. The summed E-state index contributed by atoms with van der Waals surface area (Å²) in [6.45, 7) is 8.13. The average molecular weight is 257 g/mol. The molecule has 0 unspecified atom stereocenters. The fourth-order valence-electron chi connectivity index (χ4n) is 1.23. The highest BCUT2D eigenvalue weighted by atomic mass is 35.5. The van der Waals surface area contributed by atoms with E-state index in [0.29, 0.717) is 23.1 Å². The zero-order valence-electron chi connectivity index (χ0n) is 10.6. The van der Waals surface area contributed by atoms with Crippen molar-refractivity contribution in [3.63, 3.8) is 0 Å². The van der Waals surface area contributed by atoms with Gasteiger partial charge in [-0.05, 0) is 6.92 Å². The van der Waals surface area contributed by atoms with Crippen molar-refractivity contribution in [1.82, 2.24) is 9.97 Å². The van der Waals surface area contributed by atoms with Crippen molar-refractivity contribution in [3.8, 4) is 0 Å². The number of carbonyl (C=O) groups is 1. The van der Waals surface area contributed by atoms with E-state index in [2.05, 4.69) is 9.97 Å². The van der Waals surface area contributed by atoms with Crippen LogP contribution in [0.2, 0.25) is 5.15 Å². The van der Waals surface area contributed by atoms with Gasteiger partial charge in [0.2, 0.25) is 0 Å². The van der Waals surface area contributed by atoms with E-state index in [4.69, 9.17) is 16.3 Å². The minimum absolute atomic E-state index is 0.108. The highest BCUT2D eigenvalue weighted by molar-refractivity contribution is 6.30. The van der Waals surface area contributed by atoms with Gasteiger partial charge in [-0.3, -0.25) is 4.79 Å². The Hall–Kier alpha value is -1.16. The van der Waals surface area contributed by atoms with Crippen LogP contribution in [-0.2, 0) is 21.4 Å². The number of esters is 1. The summed E-state index contributed by atoms with van der Waals surface area (Å²) in [7, 11) is 0. The second kappa shape index (κ2) is 5.45. The molecule has 0 aliphatic rings. The predicted octanol–water partition coefficient (Wildman–Crippen LogP) is 2.53. The number of halogens is 1. The van der Waals surface area contributed by atoms with Crippen molar-refractivity contribution in [1.29, 1.82) is 0 Å². The quantitative estimate of drug-likeness (QED) is 0.616. The predicted molar refractivity (Wildman–Crippen MR) is 66.1 cm³/mol. The van der Waals surface area contributed by atoms with E-state index in [9.17, 15) is 4.79 Å². The molecule has 0 aliphatic heterocycles. The molecule has 1 rings (SSSR count). The van der Waals surface area contributed by atoms with E-state index in [1.54, 1.807) is 13.1 Å². The van der Waals surface area contributed by atoms with E-state index in [0.717, 1.165) is 0 Å². The van der Waals surface area contributed by atoms with Crippen molar-refractivity contribution in [2.45, 2.75) is 39.5 Å². The summed E-state index contributed by atoms with van der Waals surface area (Å²) in [6, 6.07) is 0. The third kappa shape index (κ3) is 3.97. The molecule has 0 amide bonds. The monoisotopic (exact) mass is 256 g/mol. The molecule has 0 aliphatic carbocycles. The normalized spacial score (nSPS) is 11.4. The molecule has 0 bridgehead atoms. The van der Waals surface area contributed by atoms with E-state index in [1.165, 1.54) is 0 Å². The third-order valence-electron chi connectivity index (χ3n) is 2.12. The molecule has 0 spiro atoms. The fourth-order valence-corrected chi connectivity index (χ4v) is 1.43. The van der Waals surface area contributed by atoms with Gasteiger partial charge in [-0.1, -0.05) is 32.4 Å². The maximum atomic E-state index is 11.3. The van der Waals surface area contributed by atoms with Crippen molar-refractivity contribution in [2.75, 3.05) is 6.61 Å². The molecule has 0 saturated carbocycles. The van der Waals surface area contributed by atoms with E-state index < -0.39 is 0 Å². The number of hydrogen-bond acceptors (Lipinski definition) is 4. The molecule has 4 nitrogen and oxygen atoms in total. The molecule has 0 fully saturated rings. The van der Waals surface area contributed by atoms with Crippen LogP contribution in [0.4, 0.5) is 0 Å². The minimum Gasteiger partial charge on any atom is -0.466 e. The number of ether oxygens (including phenoxy) is 1. The van der Waals surface area contributed by atoms with E-state index >= 15 is 0 Å². The Morgan fingerprint density at radius 3 is 2.59 bits per heavy atom. The van der Waals surface area contributed by atoms with Gasteiger partial charge in [0, 0.05) is 17.2 Å². The fraction of sp³-hybridized carbons (Fsp3) is 0.583. The maximum absolute atomic E-state index is 11.3. The Bertz CT molecular complexity index is 413. The van der Waals surface area contributed by atoms with Gasteiger partial charge in [-0.2, -0.15) is 0 Å². The molecule has 0 N–H and O–H groups in total. The summed E-state index contributed by atoms with van der Waals surface area (Å²) in [5.74, 6) is 0.344. The van der Waals surface area contributed by atoms with Crippen LogP contribution in [0.1, 0.15) is 39.1 Å². The average Bonchev–Trinajstić information content (AvgIpc) is 2.20. The first kappa shape index (κ1) is 13.9. The van der Waals surface area contributed by atoms with Crippen molar-refractivity contribution >= 4 is 17.6 Å². The zero-order valence-corrected chi connectivity index (χ0v) is 11.3. The highest BCUT2D eigenvalue weighted by Gasteiger charge is 2.19. The van der Waals surface area contributed by atoms with Gasteiger partial charge >= 0.3 is 5.97 Å². The van der Waals surface area contributed by atoms with Gasteiger partial charge < -0.3 is 4.74 Å². The summed E-state index contributed by atoms with van der Waals surface area (Å²) in [5, 5.41) is 0.318. The summed E-state index contributed by atoms with van der Waals surface area (Å²) >= 11 is 6.02. The molecule has 0 saturated heterocycles. The molecule has 1 aromatic heterocycles. The van der Waals surface area contributed by atoms with Crippen LogP contribution < -0.4 is 0 Å². The Balaban J connectivity index is 2.87. The van der Waals surface area contributed by atoms with Crippen LogP contribution in [0, 0.1) is 0 Å². The SMILES string of the molecule is CCOC(=O)Cc1cnc(C(C)(C)C)nc1Cl. The lowest BCUT2D eigenvalue weighted by Crippen LogP contribution is -2.17. The van der Waals surface area contributed by atoms with Crippen molar-refractivity contribution in [2.24, 2.45) is 0 Å². The lowest BCUT2D eigenvalue weighted by atomic mass is 9.96. The molecule has 1 heterocycles. The third-order valence-corrected chi connectivity index (χ3v) is 2.45. The number of rotatable bonds is 3. The first-order valence-corrected chi connectivity index (χ1v) is 5.90. The van der Waals surface area contributed by atoms with Crippen LogP contribution in [0.15, 0.2) is 6.20 Å². The second-order valence-corrected chi connectivity index (χ2v) is 5.10. The highest BCUT2D eigenvalue weighted by Crippen LogP contribution is 2.21. The molecular formula is C12H17ClN2O2. The van der Waals surface area contributed by atoms with Crippen LogP contribution >= 0.6 is 11.6 Å². The minimum atomic E-state index is -0.318. The zero-order chi connectivity index (χ0) is 13.1. The summed E-state index contributed by atoms with van der Waals surface area (Å²) in [4.78, 5) is 19.7.